The van der Waals surface area contributed by atoms with E-state index in [0.29, 0.717) is 16.7 Å². The minimum absolute atomic E-state index is 0.122. The van der Waals surface area contributed by atoms with Crippen LogP contribution in [0.5, 0.6) is 0 Å². The lowest BCUT2D eigenvalue weighted by Gasteiger charge is -2.21. The van der Waals surface area contributed by atoms with Crippen LogP contribution in [-0.2, 0) is 5.24 Å². The number of aromatic amines is 2. The summed E-state index contributed by atoms with van der Waals surface area (Å²) in [7, 11) is 16.4. The van der Waals surface area contributed by atoms with Crippen LogP contribution < -0.4 is 10.9 Å². The highest BCUT2D eigenvalue weighted by molar-refractivity contribution is 6.56. The van der Waals surface area contributed by atoms with Crippen LogP contribution in [0, 0.1) is 11.3 Å². The van der Waals surface area contributed by atoms with Gasteiger partial charge in [0, 0.05) is 17.8 Å². The second kappa shape index (κ2) is 4.84. The number of hydrogen-bond acceptors (Lipinski definition) is 5. The van der Waals surface area contributed by atoms with Crippen LogP contribution in [0.25, 0.3) is 11.0 Å². The summed E-state index contributed by atoms with van der Waals surface area (Å²) in [5, 5.41) is 12.9. The molecule has 3 heterocycles. The number of rotatable bonds is 3. The molecule has 3 aromatic rings. The van der Waals surface area contributed by atoms with Crippen molar-refractivity contribution >= 4 is 46.2 Å². The van der Waals surface area contributed by atoms with Gasteiger partial charge in [0.25, 0.3) is 5.56 Å². The topological polar surface area (TPSA) is 115 Å². The lowest BCUT2D eigenvalue weighted by molar-refractivity contribution is 0.663. The largest absolute Gasteiger partial charge is 0.331 e. The first-order valence-electron chi connectivity index (χ1n) is 6.08. The average Bonchev–Trinajstić information content (AvgIpc) is 3.02. The van der Waals surface area contributed by atoms with Crippen LogP contribution in [0.3, 0.4) is 0 Å². The average molecular weight is 285 g/mol. The van der Waals surface area contributed by atoms with Crippen molar-refractivity contribution in [2.75, 3.05) is 5.32 Å². The quantitative estimate of drug-likeness (QED) is 0.541. The molecular formula is C11H6B3N7O. The highest BCUT2D eigenvalue weighted by Gasteiger charge is 2.15. The molecule has 0 atom stereocenters. The maximum absolute atomic E-state index is 11.8. The van der Waals surface area contributed by atoms with Gasteiger partial charge in [-0.1, -0.05) is 0 Å². The molecule has 22 heavy (non-hydrogen) atoms. The number of nitriles is 1. The molecule has 0 bridgehead atoms. The van der Waals surface area contributed by atoms with E-state index in [-0.39, 0.29) is 11.6 Å². The Morgan fingerprint density at radius 2 is 2.18 bits per heavy atom. The molecule has 6 radical (unpaired) electrons. The second-order valence-electron chi connectivity index (χ2n) is 4.66. The zero-order valence-corrected chi connectivity index (χ0v) is 11.2. The lowest BCUT2D eigenvalue weighted by Crippen LogP contribution is -2.36. The molecule has 0 aliphatic rings. The molecule has 3 N–H and O–H groups in total. The van der Waals surface area contributed by atoms with Gasteiger partial charge < -0.3 is 15.0 Å². The Bertz CT molecular complexity index is 943. The monoisotopic (exact) mass is 285 g/mol. The minimum atomic E-state index is -1.73. The SMILES string of the molecule is [B]C([B])([B])n1cc(Nc2ncc3cc(C#N)[nH]c3n2)c(=O)[nH]1. The molecule has 3 aromatic heterocycles. The van der Waals surface area contributed by atoms with E-state index < -0.39 is 10.8 Å². The summed E-state index contributed by atoms with van der Waals surface area (Å²) in [4.78, 5) is 22.8. The van der Waals surface area contributed by atoms with E-state index >= 15 is 0 Å². The fourth-order valence-electron chi connectivity index (χ4n) is 1.84. The van der Waals surface area contributed by atoms with Crippen LogP contribution in [-0.4, -0.2) is 48.3 Å². The van der Waals surface area contributed by atoms with E-state index in [1.54, 1.807) is 6.07 Å². The van der Waals surface area contributed by atoms with E-state index in [1.165, 1.54) is 12.4 Å². The van der Waals surface area contributed by atoms with Gasteiger partial charge >= 0.3 is 0 Å². The zero-order valence-electron chi connectivity index (χ0n) is 11.2. The highest BCUT2D eigenvalue weighted by Crippen LogP contribution is 2.15. The third-order valence-corrected chi connectivity index (χ3v) is 2.88. The first-order chi connectivity index (χ1) is 10.4. The summed E-state index contributed by atoms with van der Waals surface area (Å²) < 4.78 is 1.05. The molecule has 0 aliphatic carbocycles. The molecule has 0 spiro atoms. The summed E-state index contributed by atoms with van der Waals surface area (Å²) in [5.74, 6) is 0.166. The van der Waals surface area contributed by atoms with Crippen molar-refractivity contribution in [1.82, 2.24) is 24.7 Å². The normalized spacial score (nSPS) is 11.4. The molecule has 0 fully saturated rings. The fraction of sp³-hybridized carbons (Fsp3) is 0.0909. The van der Waals surface area contributed by atoms with Crippen LogP contribution in [0.2, 0.25) is 0 Å². The van der Waals surface area contributed by atoms with E-state index in [9.17, 15) is 4.79 Å². The van der Waals surface area contributed by atoms with Gasteiger partial charge in [-0.15, -0.1) is 0 Å². The van der Waals surface area contributed by atoms with Gasteiger partial charge in [-0.3, -0.25) is 9.89 Å². The van der Waals surface area contributed by atoms with E-state index in [1.807, 2.05) is 6.07 Å². The first-order valence-corrected chi connectivity index (χ1v) is 6.08. The summed E-state index contributed by atoms with van der Waals surface area (Å²) in [5.41, 5.74) is 0.469. The van der Waals surface area contributed by atoms with Crippen molar-refractivity contribution in [3.05, 3.63) is 34.5 Å². The van der Waals surface area contributed by atoms with Crippen molar-refractivity contribution in [2.24, 2.45) is 0 Å². The van der Waals surface area contributed by atoms with E-state index in [4.69, 9.17) is 28.8 Å². The summed E-state index contributed by atoms with van der Waals surface area (Å²) in [6, 6.07) is 3.59. The van der Waals surface area contributed by atoms with Crippen molar-refractivity contribution in [2.45, 2.75) is 5.24 Å². The molecule has 3 rings (SSSR count). The summed E-state index contributed by atoms with van der Waals surface area (Å²) >= 11 is 0. The predicted molar refractivity (Wildman–Crippen MR) is 82.2 cm³/mol. The van der Waals surface area contributed by atoms with Crippen molar-refractivity contribution < 1.29 is 0 Å². The molecule has 11 heteroatoms. The smallest absolute Gasteiger partial charge is 0.287 e. The van der Waals surface area contributed by atoms with Gasteiger partial charge in [-0.05, 0) is 11.3 Å². The number of anilines is 2. The Hall–Kier alpha value is -2.89. The van der Waals surface area contributed by atoms with Crippen LogP contribution in [0.1, 0.15) is 5.69 Å². The molecule has 100 valence electrons. The standard InChI is InChI=1S/C11H6B3N7O/c12-11(13,14)21-4-7(9(22)20-21)18-10-16-3-5-1-6(2-15)17-8(5)19-10/h1,3-4H,(H,20,22)(H2,16,17,18,19). The van der Waals surface area contributed by atoms with Crippen LogP contribution in [0.15, 0.2) is 23.3 Å². The summed E-state index contributed by atoms with van der Waals surface area (Å²) in [6.45, 7) is 0. The molecule has 8 nitrogen and oxygen atoms in total. The maximum Gasteiger partial charge on any atom is 0.287 e. The molecule has 0 saturated heterocycles. The number of fused-ring (bicyclic) bond motifs is 1. The third kappa shape index (κ3) is 2.51. The first kappa shape index (κ1) is 14.1. The maximum atomic E-state index is 11.8. The minimum Gasteiger partial charge on any atom is -0.331 e. The Morgan fingerprint density at radius 1 is 1.41 bits per heavy atom. The Labute approximate surface area is 128 Å². The van der Waals surface area contributed by atoms with Crippen molar-refractivity contribution in [3.63, 3.8) is 0 Å². The molecule has 0 saturated carbocycles. The predicted octanol–water partition coefficient (Wildman–Crippen LogP) is -0.864. The number of nitrogens with one attached hydrogen (secondary N) is 3. The summed E-state index contributed by atoms with van der Waals surface area (Å²) in [6.07, 6.45) is 2.83. The van der Waals surface area contributed by atoms with Crippen LogP contribution >= 0.6 is 0 Å². The lowest BCUT2D eigenvalue weighted by atomic mass is 9.49. The zero-order chi connectivity index (χ0) is 15.9. The van der Waals surface area contributed by atoms with Crippen molar-refractivity contribution in [1.29, 1.82) is 5.26 Å². The third-order valence-electron chi connectivity index (χ3n) is 2.88. The number of aromatic nitrogens is 5. The van der Waals surface area contributed by atoms with Crippen LogP contribution in [0.4, 0.5) is 11.6 Å². The van der Waals surface area contributed by atoms with E-state index in [2.05, 4.69) is 25.4 Å². The number of hydrogen-bond donors (Lipinski definition) is 3. The molecular weight excluding hydrogens is 279 g/mol. The molecule has 0 unspecified atom stereocenters. The van der Waals surface area contributed by atoms with Crippen molar-refractivity contribution in [3.8, 4) is 6.07 Å². The van der Waals surface area contributed by atoms with Gasteiger partial charge in [0.15, 0.2) is 0 Å². The highest BCUT2D eigenvalue weighted by atomic mass is 16.1. The Morgan fingerprint density at radius 3 is 2.82 bits per heavy atom. The molecule has 0 amide bonds. The Balaban J connectivity index is 1.95. The van der Waals surface area contributed by atoms with Gasteiger partial charge in [-0.2, -0.15) is 10.2 Å². The van der Waals surface area contributed by atoms with Gasteiger partial charge in [-0.25, -0.2) is 4.98 Å². The number of H-pyrrole nitrogens is 2. The van der Waals surface area contributed by atoms with Gasteiger partial charge in [0.1, 0.15) is 23.1 Å². The van der Waals surface area contributed by atoms with E-state index in [0.717, 1.165) is 4.68 Å². The molecule has 0 aliphatic heterocycles. The van der Waals surface area contributed by atoms with Gasteiger partial charge in [0.2, 0.25) is 5.95 Å². The van der Waals surface area contributed by atoms with Gasteiger partial charge in [0.05, 0.1) is 23.5 Å². The second-order valence-corrected chi connectivity index (χ2v) is 4.66. The molecule has 0 aromatic carbocycles. The number of nitrogens with zero attached hydrogens (tertiary/aromatic N) is 4. The Kier molecular flexibility index (Phi) is 3.09. The fourth-order valence-corrected chi connectivity index (χ4v) is 1.84.